The molecule has 23 heavy (non-hydrogen) atoms. The van der Waals surface area contributed by atoms with Crippen molar-refractivity contribution in [3.05, 3.63) is 24.3 Å². The van der Waals surface area contributed by atoms with E-state index in [2.05, 4.69) is 16.9 Å². The Bertz CT molecular complexity index is 405. The van der Waals surface area contributed by atoms with Crippen LogP contribution < -0.4 is 0 Å². The van der Waals surface area contributed by atoms with Crippen LogP contribution in [0, 0.1) is 0 Å². The Morgan fingerprint density at radius 1 is 1.09 bits per heavy atom. The second kappa shape index (κ2) is 15.6. The molecule has 0 amide bonds. The number of hydrogen-bond donors (Lipinski definition) is 1. The van der Waals surface area contributed by atoms with Gasteiger partial charge in [-0.3, -0.25) is 0 Å². The van der Waals surface area contributed by atoms with Gasteiger partial charge >= 0.3 is 5.97 Å². The van der Waals surface area contributed by atoms with E-state index < -0.39 is 0 Å². The lowest BCUT2D eigenvalue weighted by molar-refractivity contribution is -0.137. The van der Waals surface area contributed by atoms with E-state index in [1.54, 1.807) is 18.6 Å². The van der Waals surface area contributed by atoms with E-state index in [-0.39, 0.29) is 18.4 Å². The second-order valence-corrected chi connectivity index (χ2v) is 5.69. The van der Waals surface area contributed by atoms with Crippen LogP contribution in [-0.4, -0.2) is 22.5 Å². The van der Waals surface area contributed by atoms with Crippen molar-refractivity contribution in [1.82, 2.24) is 9.97 Å². The molecule has 1 aromatic heterocycles. The number of H-pyrrole nitrogens is 1. The minimum atomic E-state index is -0.287. The van der Waals surface area contributed by atoms with Crippen LogP contribution in [0.15, 0.2) is 18.6 Å². The summed E-state index contributed by atoms with van der Waals surface area (Å²) in [5, 5.41) is 0. The molecule has 4 nitrogen and oxygen atoms in total. The molecule has 0 unspecified atom stereocenters. The summed E-state index contributed by atoms with van der Waals surface area (Å²) in [5.41, 5.74) is 0.802. The van der Waals surface area contributed by atoms with E-state index in [1.165, 1.54) is 57.4 Å². The number of nitrogens with zero attached hydrogens (tertiary/aromatic N) is 1. The first-order valence-electron chi connectivity index (χ1n) is 8.66. The van der Waals surface area contributed by atoms with Crippen LogP contribution in [0.1, 0.15) is 76.8 Å². The molecule has 0 spiro atoms. The molecular formula is C18H31ClN2O2. The van der Waals surface area contributed by atoms with Crippen molar-refractivity contribution in [2.24, 2.45) is 0 Å². The maximum absolute atomic E-state index is 11.5. The number of esters is 1. The zero-order chi connectivity index (χ0) is 15.9. The van der Waals surface area contributed by atoms with Crippen LogP contribution in [0.25, 0.3) is 6.08 Å². The molecule has 0 aliphatic rings. The van der Waals surface area contributed by atoms with Gasteiger partial charge in [0.1, 0.15) is 0 Å². The largest absolute Gasteiger partial charge is 0.463 e. The molecule has 0 aliphatic heterocycles. The first-order valence-corrected chi connectivity index (χ1v) is 8.66. The molecular weight excluding hydrogens is 312 g/mol. The number of rotatable bonds is 13. The van der Waals surface area contributed by atoms with E-state index in [0.29, 0.717) is 6.61 Å². The van der Waals surface area contributed by atoms with Gasteiger partial charge in [-0.25, -0.2) is 9.78 Å². The number of carbonyl (C=O) groups excluding carboxylic acids is 1. The molecule has 1 heterocycles. The fourth-order valence-electron chi connectivity index (χ4n) is 2.33. The van der Waals surface area contributed by atoms with Crippen molar-refractivity contribution in [3.63, 3.8) is 0 Å². The lowest BCUT2D eigenvalue weighted by Crippen LogP contribution is -2.02. The van der Waals surface area contributed by atoms with Crippen molar-refractivity contribution >= 4 is 24.5 Å². The number of unbranched alkanes of at least 4 members (excludes halogenated alkanes) is 9. The highest BCUT2D eigenvalue weighted by atomic mass is 35.5. The highest BCUT2D eigenvalue weighted by Crippen LogP contribution is 2.10. The van der Waals surface area contributed by atoms with Crippen molar-refractivity contribution in [2.75, 3.05) is 6.61 Å². The second-order valence-electron chi connectivity index (χ2n) is 5.69. The lowest BCUT2D eigenvalue weighted by Gasteiger charge is -2.03. The van der Waals surface area contributed by atoms with Crippen LogP contribution in [0.5, 0.6) is 0 Å². The molecule has 0 fully saturated rings. The average Bonchev–Trinajstić information content (AvgIpc) is 3.04. The molecule has 0 atom stereocenters. The van der Waals surface area contributed by atoms with Crippen molar-refractivity contribution in [3.8, 4) is 0 Å². The van der Waals surface area contributed by atoms with Gasteiger partial charge in [-0.2, -0.15) is 0 Å². The first-order chi connectivity index (χ1) is 10.8. The molecule has 0 saturated heterocycles. The predicted octanol–water partition coefficient (Wildman–Crippen LogP) is 5.31. The number of halogens is 1. The molecule has 0 aromatic carbocycles. The van der Waals surface area contributed by atoms with Crippen LogP contribution in [-0.2, 0) is 9.53 Å². The number of hydrogen-bond acceptors (Lipinski definition) is 3. The topological polar surface area (TPSA) is 55.0 Å². The summed E-state index contributed by atoms with van der Waals surface area (Å²) >= 11 is 0. The molecule has 132 valence electrons. The summed E-state index contributed by atoms with van der Waals surface area (Å²) < 4.78 is 5.15. The third-order valence-corrected chi connectivity index (χ3v) is 3.66. The Balaban J connectivity index is 0.00000484. The van der Waals surface area contributed by atoms with Gasteiger partial charge < -0.3 is 9.72 Å². The van der Waals surface area contributed by atoms with E-state index in [1.807, 2.05) is 0 Å². The molecule has 0 radical (unpaired) electrons. The summed E-state index contributed by atoms with van der Waals surface area (Å²) in [4.78, 5) is 18.2. The van der Waals surface area contributed by atoms with Crippen molar-refractivity contribution < 1.29 is 9.53 Å². The monoisotopic (exact) mass is 342 g/mol. The summed E-state index contributed by atoms with van der Waals surface area (Å²) in [7, 11) is 0. The fourth-order valence-corrected chi connectivity index (χ4v) is 2.33. The summed E-state index contributed by atoms with van der Waals surface area (Å²) in [6, 6.07) is 0. The Kier molecular flexibility index (Phi) is 14.7. The normalized spacial score (nSPS) is 10.7. The third-order valence-electron chi connectivity index (χ3n) is 3.66. The van der Waals surface area contributed by atoms with Gasteiger partial charge in [0.15, 0.2) is 0 Å². The molecule has 1 N–H and O–H groups in total. The van der Waals surface area contributed by atoms with Crippen LogP contribution in [0.2, 0.25) is 0 Å². The zero-order valence-electron chi connectivity index (χ0n) is 14.3. The number of aromatic amines is 1. The van der Waals surface area contributed by atoms with Crippen LogP contribution >= 0.6 is 12.4 Å². The highest BCUT2D eigenvalue weighted by molar-refractivity contribution is 5.86. The Morgan fingerprint density at radius 2 is 1.70 bits per heavy atom. The molecule has 0 saturated carbocycles. The fraction of sp³-hybridized carbons (Fsp3) is 0.667. The zero-order valence-corrected chi connectivity index (χ0v) is 15.1. The minimum absolute atomic E-state index is 0. The maximum atomic E-state index is 11.5. The first kappa shape index (κ1) is 21.7. The van der Waals surface area contributed by atoms with Gasteiger partial charge in [-0.15, -0.1) is 12.4 Å². The van der Waals surface area contributed by atoms with Gasteiger partial charge in [-0.1, -0.05) is 64.7 Å². The predicted molar refractivity (Wildman–Crippen MR) is 97.7 cm³/mol. The summed E-state index contributed by atoms with van der Waals surface area (Å²) in [6.07, 6.45) is 19.2. The van der Waals surface area contributed by atoms with Crippen molar-refractivity contribution in [2.45, 2.75) is 71.1 Å². The SMILES string of the molecule is CCCCCCCCCCCCOC(=O)/C=C/c1cnc[nH]1.Cl. The number of ether oxygens (including phenoxy) is 1. The van der Waals surface area contributed by atoms with Gasteiger partial charge in [0.25, 0.3) is 0 Å². The number of nitrogens with one attached hydrogen (secondary N) is 1. The quantitative estimate of drug-likeness (QED) is 0.300. The van der Waals surface area contributed by atoms with Gasteiger partial charge in [-0.05, 0) is 12.5 Å². The van der Waals surface area contributed by atoms with Crippen molar-refractivity contribution in [1.29, 1.82) is 0 Å². The Morgan fingerprint density at radius 3 is 2.26 bits per heavy atom. The maximum Gasteiger partial charge on any atom is 0.330 e. The van der Waals surface area contributed by atoms with E-state index in [0.717, 1.165) is 18.5 Å². The highest BCUT2D eigenvalue weighted by Gasteiger charge is 1.98. The van der Waals surface area contributed by atoms with Gasteiger partial charge in [0, 0.05) is 6.08 Å². The third kappa shape index (κ3) is 12.9. The average molecular weight is 343 g/mol. The number of aromatic nitrogens is 2. The van der Waals surface area contributed by atoms with Gasteiger partial charge in [0.05, 0.1) is 24.8 Å². The van der Waals surface area contributed by atoms with E-state index in [9.17, 15) is 4.79 Å². The van der Waals surface area contributed by atoms with Crippen LogP contribution in [0.3, 0.4) is 0 Å². The summed E-state index contributed by atoms with van der Waals surface area (Å²) in [5.74, 6) is -0.287. The molecule has 1 aromatic rings. The number of imidazole rings is 1. The lowest BCUT2D eigenvalue weighted by atomic mass is 10.1. The molecule has 0 aliphatic carbocycles. The summed E-state index contributed by atoms with van der Waals surface area (Å²) in [6.45, 7) is 2.77. The molecule has 5 heteroatoms. The number of carbonyl (C=O) groups is 1. The molecule has 0 bridgehead atoms. The smallest absolute Gasteiger partial charge is 0.330 e. The van der Waals surface area contributed by atoms with E-state index in [4.69, 9.17) is 4.74 Å². The van der Waals surface area contributed by atoms with Gasteiger partial charge in [0.2, 0.25) is 0 Å². The Hall–Kier alpha value is -1.29. The standard InChI is InChI=1S/C18H30N2O2.ClH/c1-2-3-4-5-6-7-8-9-10-11-14-22-18(21)13-12-17-15-19-16-20-17;/h12-13,15-16H,2-11,14H2,1H3,(H,19,20);1H/b13-12+;. The van der Waals surface area contributed by atoms with E-state index >= 15 is 0 Å². The minimum Gasteiger partial charge on any atom is -0.463 e. The Labute approximate surface area is 146 Å². The van der Waals surface area contributed by atoms with Crippen LogP contribution in [0.4, 0.5) is 0 Å². The molecule has 1 rings (SSSR count).